The first-order valence-electron chi connectivity index (χ1n) is 11.9. The fourth-order valence-corrected chi connectivity index (χ4v) is 7.39. The number of hydrogen-bond donors (Lipinski definition) is 0. The lowest BCUT2D eigenvalue weighted by Crippen LogP contribution is -2.63. The Bertz CT molecular complexity index is 1340. The van der Waals surface area contributed by atoms with Gasteiger partial charge in [-0.25, -0.2) is 0 Å². The van der Waals surface area contributed by atoms with Crippen molar-refractivity contribution in [3.05, 3.63) is 128 Å². The quantitative estimate of drug-likeness (QED) is 0.144. The first kappa shape index (κ1) is 27.5. The van der Waals surface area contributed by atoms with Crippen LogP contribution in [-0.4, -0.2) is 32.6 Å². The fourth-order valence-electron chi connectivity index (χ4n) is 4.33. The molecule has 0 amide bonds. The number of ether oxygens (including phenoxy) is 2. The highest BCUT2D eigenvalue weighted by Crippen LogP contribution is 2.33. The molecule has 0 fully saturated rings. The highest BCUT2D eigenvalue weighted by atomic mass is 28.4. The Balaban J connectivity index is 1.83. The summed E-state index contributed by atoms with van der Waals surface area (Å²) in [5, 5.41) is 25.3. The summed E-state index contributed by atoms with van der Waals surface area (Å²) in [5.41, 5.74) is 0.206. The first-order valence-corrected chi connectivity index (χ1v) is 13.7. The van der Waals surface area contributed by atoms with Gasteiger partial charge in [0.15, 0.2) is 11.5 Å². The lowest BCUT2D eigenvalue weighted by molar-refractivity contribution is -0.386. The van der Waals surface area contributed by atoms with Gasteiger partial charge in [0.2, 0.25) is 0 Å². The van der Waals surface area contributed by atoms with Crippen LogP contribution in [0.25, 0.3) is 0 Å². The van der Waals surface area contributed by atoms with Crippen molar-refractivity contribution in [2.24, 2.45) is 0 Å². The predicted octanol–water partition coefficient (Wildman–Crippen LogP) is 4.51. The van der Waals surface area contributed by atoms with Gasteiger partial charge >= 0.3 is 19.9 Å². The molecule has 39 heavy (non-hydrogen) atoms. The van der Waals surface area contributed by atoms with E-state index in [0.29, 0.717) is 11.1 Å². The van der Waals surface area contributed by atoms with Gasteiger partial charge in [0, 0.05) is 0 Å². The van der Waals surface area contributed by atoms with Crippen LogP contribution in [0.4, 0.5) is 11.4 Å². The molecule has 0 heterocycles. The molecule has 0 radical (unpaired) electrons. The number of para-hydroxylation sites is 2. The van der Waals surface area contributed by atoms with E-state index in [1.54, 1.807) is 24.3 Å². The monoisotopic (exact) mass is 546 g/mol. The van der Waals surface area contributed by atoms with Crippen LogP contribution in [0.1, 0.15) is 11.1 Å². The van der Waals surface area contributed by atoms with Gasteiger partial charge in [-0.3, -0.25) is 20.2 Å². The summed E-state index contributed by atoms with van der Waals surface area (Å²) in [6, 6.07) is 28.0. The van der Waals surface area contributed by atoms with Crippen molar-refractivity contribution in [3.8, 4) is 11.5 Å². The molecule has 0 aliphatic carbocycles. The average Bonchev–Trinajstić information content (AvgIpc) is 2.97. The summed E-state index contributed by atoms with van der Waals surface area (Å²) < 4.78 is 23.7. The number of methoxy groups -OCH3 is 2. The minimum atomic E-state index is -3.61. The van der Waals surface area contributed by atoms with Gasteiger partial charge < -0.3 is 18.3 Å². The first-order chi connectivity index (χ1) is 18.9. The third-order valence-corrected chi connectivity index (χ3v) is 9.43. The molecular weight excluding hydrogens is 520 g/mol. The maximum Gasteiger partial charge on any atom is 0.407 e. The van der Waals surface area contributed by atoms with Gasteiger partial charge in [-0.1, -0.05) is 72.8 Å². The highest BCUT2D eigenvalue weighted by molar-refractivity contribution is 6.92. The molecule has 0 N–H and O–H groups in total. The molecule has 4 aromatic carbocycles. The van der Waals surface area contributed by atoms with Gasteiger partial charge in [-0.15, -0.1) is 0 Å². The van der Waals surface area contributed by atoms with E-state index in [-0.39, 0.29) is 36.1 Å². The molecule has 0 bridgehead atoms. The average molecular weight is 547 g/mol. The van der Waals surface area contributed by atoms with E-state index < -0.39 is 18.4 Å². The molecule has 0 atom stereocenters. The van der Waals surface area contributed by atoms with E-state index in [2.05, 4.69) is 0 Å². The molecule has 0 unspecified atom stereocenters. The van der Waals surface area contributed by atoms with Gasteiger partial charge in [-0.05, 0) is 34.6 Å². The fraction of sp³-hybridized carbons (Fsp3) is 0.143. The van der Waals surface area contributed by atoms with Crippen molar-refractivity contribution in [3.63, 3.8) is 0 Å². The standard InChI is InChI=1S/C28H26N2O8Si/c1-35-25-17-9-11-21(27(25)29(31)32)19-37-39(23-13-5-3-6-14-23,24-15-7-4-8-16-24)38-20-22-12-10-18-26(36-2)28(22)30(33)34/h3-18H,19-20H2,1-2H3. The number of rotatable bonds is 12. The van der Waals surface area contributed by atoms with Crippen molar-refractivity contribution in [1.82, 2.24) is 0 Å². The topological polar surface area (TPSA) is 123 Å². The Morgan fingerprint density at radius 1 is 0.590 bits per heavy atom. The van der Waals surface area contributed by atoms with Crippen LogP contribution in [0.15, 0.2) is 97.1 Å². The van der Waals surface area contributed by atoms with Crippen LogP contribution in [0.3, 0.4) is 0 Å². The van der Waals surface area contributed by atoms with Crippen LogP contribution in [-0.2, 0) is 22.1 Å². The molecule has 0 aromatic heterocycles. The van der Waals surface area contributed by atoms with E-state index in [0.717, 1.165) is 10.4 Å². The van der Waals surface area contributed by atoms with E-state index in [4.69, 9.17) is 18.3 Å². The smallest absolute Gasteiger partial charge is 0.407 e. The van der Waals surface area contributed by atoms with Crippen molar-refractivity contribution in [2.75, 3.05) is 14.2 Å². The van der Waals surface area contributed by atoms with Gasteiger partial charge in [0.05, 0.1) is 48.4 Å². The van der Waals surface area contributed by atoms with Crippen LogP contribution in [0.5, 0.6) is 11.5 Å². The second kappa shape index (κ2) is 12.3. The maximum absolute atomic E-state index is 11.9. The zero-order chi connectivity index (χ0) is 27.8. The lowest BCUT2D eigenvalue weighted by Gasteiger charge is -2.31. The van der Waals surface area contributed by atoms with Gasteiger partial charge in [-0.2, -0.15) is 0 Å². The lowest BCUT2D eigenvalue weighted by atomic mass is 10.2. The van der Waals surface area contributed by atoms with Crippen molar-refractivity contribution >= 4 is 30.3 Å². The largest absolute Gasteiger partial charge is 0.490 e. The zero-order valence-corrected chi connectivity index (χ0v) is 22.3. The Hall–Kier alpha value is -4.58. The highest BCUT2D eigenvalue weighted by Gasteiger charge is 2.44. The summed E-state index contributed by atoms with van der Waals surface area (Å²) in [6.45, 7) is -0.326. The number of nitro groups is 2. The molecular formula is C28H26N2O8Si. The van der Waals surface area contributed by atoms with E-state index in [1.807, 2.05) is 60.7 Å². The molecule has 0 saturated heterocycles. The number of benzene rings is 4. The second-order valence-electron chi connectivity index (χ2n) is 8.38. The number of nitro benzene ring substituents is 2. The Morgan fingerprint density at radius 3 is 1.31 bits per heavy atom. The molecule has 0 spiro atoms. The SMILES string of the molecule is COc1cccc(CO[Si](OCc2cccc(OC)c2[N+](=O)[O-])(c2ccccc2)c2ccccc2)c1[N+](=O)[O-]. The minimum absolute atomic E-state index is 0.112. The van der Waals surface area contributed by atoms with Crippen LogP contribution in [0.2, 0.25) is 0 Å². The maximum atomic E-state index is 11.9. The van der Waals surface area contributed by atoms with Crippen molar-refractivity contribution in [2.45, 2.75) is 13.2 Å². The molecule has 4 aromatic rings. The summed E-state index contributed by atoms with van der Waals surface area (Å²) in [5.74, 6) is 0.224. The van der Waals surface area contributed by atoms with E-state index >= 15 is 0 Å². The normalized spacial score (nSPS) is 11.1. The molecule has 0 aliphatic heterocycles. The third kappa shape index (κ3) is 5.80. The zero-order valence-electron chi connectivity index (χ0n) is 21.3. The van der Waals surface area contributed by atoms with Crippen molar-refractivity contribution in [1.29, 1.82) is 0 Å². The van der Waals surface area contributed by atoms with Gasteiger partial charge in [0.1, 0.15) is 0 Å². The third-order valence-electron chi connectivity index (χ3n) is 6.14. The van der Waals surface area contributed by atoms with Crippen LogP contribution in [0, 0.1) is 20.2 Å². The number of hydrogen-bond acceptors (Lipinski definition) is 8. The summed E-state index contributed by atoms with van der Waals surface area (Å²) in [4.78, 5) is 22.8. The Labute approximate surface area is 225 Å². The molecule has 0 aliphatic rings. The minimum Gasteiger partial charge on any atom is -0.490 e. The van der Waals surface area contributed by atoms with Gasteiger partial charge in [0.25, 0.3) is 0 Å². The molecule has 4 rings (SSSR count). The van der Waals surface area contributed by atoms with Crippen LogP contribution < -0.4 is 19.8 Å². The molecule has 10 nitrogen and oxygen atoms in total. The summed E-state index contributed by atoms with van der Waals surface area (Å²) in [6.07, 6.45) is 0. The van der Waals surface area contributed by atoms with E-state index in [9.17, 15) is 20.2 Å². The predicted molar refractivity (Wildman–Crippen MR) is 147 cm³/mol. The summed E-state index contributed by atoms with van der Waals surface area (Å²) in [7, 11) is -0.880. The Morgan fingerprint density at radius 2 is 0.974 bits per heavy atom. The van der Waals surface area contributed by atoms with Crippen molar-refractivity contribution < 1.29 is 28.2 Å². The van der Waals surface area contributed by atoms with E-state index in [1.165, 1.54) is 26.4 Å². The summed E-state index contributed by atoms with van der Waals surface area (Å²) >= 11 is 0. The molecule has 0 saturated carbocycles. The Kier molecular flexibility index (Phi) is 8.66. The van der Waals surface area contributed by atoms with Crippen LogP contribution >= 0.6 is 0 Å². The second-order valence-corrected chi connectivity index (χ2v) is 11.3. The molecule has 200 valence electrons. The molecule has 11 heteroatoms. The number of nitrogens with zero attached hydrogens (tertiary/aromatic N) is 2.